The molecule has 158 valence electrons. The molecule has 0 spiro atoms. The van der Waals surface area contributed by atoms with Gasteiger partial charge in [-0.05, 0) is 30.7 Å². The monoisotopic (exact) mass is 421 g/mol. The molecule has 1 fully saturated rings. The fraction of sp³-hybridized carbons (Fsp3) is 0.350. The Morgan fingerprint density at radius 3 is 2.37 bits per heavy atom. The number of alkyl halides is 3. The average Bonchev–Trinajstić information content (AvgIpc) is 3.12. The topological polar surface area (TPSA) is 53.7 Å². The summed E-state index contributed by atoms with van der Waals surface area (Å²) in [6.45, 7) is 4.14. The van der Waals surface area contributed by atoms with Crippen LogP contribution in [0.25, 0.3) is 5.65 Å². The van der Waals surface area contributed by atoms with Gasteiger partial charge < -0.3 is 4.90 Å². The van der Waals surface area contributed by atoms with Gasteiger partial charge >= 0.3 is 6.18 Å². The van der Waals surface area contributed by atoms with Crippen molar-refractivity contribution < 1.29 is 22.4 Å². The minimum absolute atomic E-state index is 0.0133. The lowest BCUT2D eigenvalue weighted by atomic mass is 10.2. The third-order valence-corrected chi connectivity index (χ3v) is 5.04. The summed E-state index contributed by atoms with van der Waals surface area (Å²) < 4.78 is 53.6. The van der Waals surface area contributed by atoms with Gasteiger partial charge in [0.1, 0.15) is 11.5 Å². The van der Waals surface area contributed by atoms with Gasteiger partial charge in [-0.1, -0.05) is 12.1 Å². The van der Waals surface area contributed by atoms with E-state index in [0.29, 0.717) is 37.2 Å². The van der Waals surface area contributed by atoms with Crippen LogP contribution in [-0.4, -0.2) is 56.5 Å². The molecule has 0 bridgehead atoms. The predicted molar refractivity (Wildman–Crippen MR) is 100 cm³/mol. The molecule has 0 radical (unpaired) electrons. The van der Waals surface area contributed by atoms with Gasteiger partial charge in [-0.15, -0.1) is 0 Å². The van der Waals surface area contributed by atoms with Gasteiger partial charge in [0.2, 0.25) is 0 Å². The highest BCUT2D eigenvalue weighted by atomic mass is 19.4. The van der Waals surface area contributed by atoms with Crippen molar-refractivity contribution in [2.45, 2.75) is 19.6 Å². The highest BCUT2D eigenvalue weighted by molar-refractivity contribution is 5.93. The zero-order chi connectivity index (χ0) is 21.5. The summed E-state index contributed by atoms with van der Waals surface area (Å²) in [6.07, 6.45) is -4.61. The van der Waals surface area contributed by atoms with Crippen molar-refractivity contribution >= 4 is 11.6 Å². The van der Waals surface area contributed by atoms with Crippen LogP contribution in [0.3, 0.4) is 0 Å². The number of piperazine rings is 1. The summed E-state index contributed by atoms with van der Waals surface area (Å²) in [4.78, 5) is 20.6. The smallest absolute Gasteiger partial charge is 0.335 e. The first kappa shape index (κ1) is 20.3. The molecule has 30 heavy (non-hydrogen) atoms. The molecule has 2 aromatic heterocycles. The number of nitrogens with zero attached hydrogens (tertiary/aromatic N) is 5. The Morgan fingerprint density at radius 2 is 1.73 bits per heavy atom. The zero-order valence-corrected chi connectivity index (χ0v) is 16.2. The van der Waals surface area contributed by atoms with Crippen molar-refractivity contribution in [3.05, 3.63) is 64.9 Å². The van der Waals surface area contributed by atoms with Crippen molar-refractivity contribution in [1.29, 1.82) is 0 Å². The highest BCUT2D eigenvalue weighted by Crippen LogP contribution is 2.30. The SMILES string of the molecule is Cc1cc(C(F)(F)F)n2nc(C(=O)N3CCN(Cc4ccc(F)cc4)CC3)cc2n1. The quantitative estimate of drug-likeness (QED) is 0.610. The van der Waals surface area contributed by atoms with Gasteiger partial charge in [0.25, 0.3) is 5.91 Å². The van der Waals surface area contributed by atoms with E-state index >= 15 is 0 Å². The molecule has 1 aliphatic rings. The number of hydrogen-bond acceptors (Lipinski definition) is 4. The number of aryl methyl sites for hydroxylation is 1. The van der Waals surface area contributed by atoms with Gasteiger partial charge in [-0.2, -0.15) is 18.3 Å². The van der Waals surface area contributed by atoms with Crippen LogP contribution in [0.4, 0.5) is 17.6 Å². The number of aromatic nitrogens is 3. The summed E-state index contributed by atoms with van der Waals surface area (Å²) in [5.74, 6) is -0.715. The van der Waals surface area contributed by atoms with Crippen LogP contribution >= 0.6 is 0 Å². The number of hydrogen-bond donors (Lipinski definition) is 0. The van der Waals surface area contributed by atoms with Gasteiger partial charge in [-0.25, -0.2) is 13.9 Å². The lowest BCUT2D eigenvalue weighted by Gasteiger charge is -2.34. The third-order valence-electron chi connectivity index (χ3n) is 5.04. The van der Waals surface area contributed by atoms with E-state index in [0.717, 1.165) is 11.6 Å². The van der Waals surface area contributed by atoms with E-state index in [9.17, 15) is 22.4 Å². The summed E-state index contributed by atoms with van der Waals surface area (Å²) in [5, 5.41) is 3.88. The van der Waals surface area contributed by atoms with E-state index in [1.165, 1.54) is 25.1 Å². The summed E-state index contributed by atoms with van der Waals surface area (Å²) >= 11 is 0. The second-order valence-corrected chi connectivity index (χ2v) is 7.27. The second kappa shape index (κ2) is 7.67. The number of amides is 1. The van der Waals surface area contributed by atoms with Crippen LogP contribution in [0.1, 0.15) is 27.4 Å². The molecule has 0 saturated carbocycles. The molecule has 1 aromatic carbocycles. The number of rotatable bonds is 3. The Labute approximate surface area is 169 Å². The first-order valence-corrected chi connectivity index (χ1v) is 9.41. The molecule has 0 unspecified atom stereocenters. The van der Waals surface area contributed by atoms with Crippen molar-refractivity contribution in [2.24, 2.45) is 0 Å². The van der Waals surface area contributed by atoms with E-state index in [-0.39, 0.29) is 22.9 Å². The minimum atomic E-state index is -4.61. The van der Waals surface area contributed by atoms with Crippen LogP contribution in [0, 0.1) is 12.7 Å². The molecule has 0 aliphatic carbocycles. The Hall–Kier alpha value is -3.01. The van der Waals surface area contributed by atoms with Crippen molar-refractivity contribution in [3.8, 4) is 0 Å². The van der Waals surface area contributed by atoms with Crippen LogP contribution in [-0.2, 0) is 12.7 Å². The standard InChI is InChI=1S/C20H19F4N5O/c1-13-10-17(20(22,23)24)29-18(25-13)11-16(26-29)19(30)28-8-6-27(7-9-28)12-14-2-4-15(21)5-3-14/h2-5,10-11H,6-9,12H2,1H3. The minimum Gasteiger partial charge on any atom is -0.335 e. The van der Waals surface area contributed by atoms with E-state index < -0.39 is 17.8 Å². The molecule has 1 amide bonds. The maximum atomic E-state index is 13.3. The zero-order valence-electron chi connectivity index (χ0n) is 16.2. The summed E-state index contributed by atoms with van der Waals surface area (Å²) in [7, 11) is 0. The molecule has 10 heteroatoms. The summed E-state index contributed by atoms with van der Waals surface area (Å²) in [5.41, 5.74) is 0.125. The number of carbonyl (C=O) groups is 1. The third kappa shape index (κ3) is 4.13. The molecule has 6 nitrogen and oxygen atoms in total. The maximum Gasteiger partial charge on any atom is 0.433 e. The maximum absolute atomic E-state index is 13.3. The largest absolute Gasteiger partial charge is 0.433 e. The van der Waals surface area contributed by atoms with Crippen molar-refractivity contribution in [1.82, 2.24) is 24.4 Å². The van der Waals surface area contributed by atoms with Crippen LogP contribution in [0.15, 0.2) is 36.4 Å². The first-order chi connectivity index (χ1) is 14.2. The fourth-order valence-corrected chi connectivity index (χ4v) is 3.53. The van der Waals surface area contributed by atoms with Crippen LogP contribution in [0.2, 0.25) is 0 Å². The van der Waals surface area contributed by atoms with E-state index in [2.05, 4.69) is 15.0 Å². The Bertz CT molecular complexity index is 1070. The van der Waals surface area contributed by atoms with Gasteiger partial charge in [0.05, 0.1) is 0 Å². The number of carbonyl (C=O) groups excluding carboxylic acids is 1. The Balaban J connectivity index is 1.46. The molecule has 3 aromatic rings. The molecule has 3 heterocycles. The normalized spacial score (nSPS) is 15.7. The molecular formula is C20H19F4N5O. The van der Waals surface area contributed by atoms with Gasteiger partial charge in [0, 0.05) is 44.5 Å². The van der Waals surface area contributed by atoms with Crippen LogP contribution in [0.5, 0.6) is 0 Å². The van der Waals surface area contributed by atoms with Crippen LogP contribution < -0.4 is 0 Å². The molecule has 0 N–H and O–H groups in total. The Kier molecular flexibility index (Phi) is 5.19. The molecule has 4 rings (SSSR count). The predicted octanol–water partition coefficient (Wildman–Crippen LogP) is 3.15. The van der Waals surface area contributed by atoms with Crippen molar-refractivity contribution in [2.75, 3.05) is 26.2 Å². The first-order valence-electron chi connectivity index (χ1n) is 9.41. The molecule has 1 aliphatic heterocycles. The van der Waals surface area contributed by atoms with Crippen molar-refractivity contribution in [3.63, 3.8) is 0 Å². The molecular weight excluding hydrogens is 402 g/mol. The van der Waals surface area contributed by atoms with E-state index in [1.807, 2.05) is 0 Å². The second-order valence-electron chi connectivity index (χ2n) is 7.27. The molecule has 1 saturated heterocycles. The average molecular weight is 421 g/mol. The van der Waals surface area contributed by atoms with E-state index in [4.69, 9.17) is 0 Å². The van der Waals surface area contributed by atoms with E-state index in [1.54, 1.807) is 17.0 Å². The Morgan fingerprint density at radius 1 is 1.07 bits per heavy atom. The number of fused-ring (bicyclic) bond motifs is 1. The highest BCUT2D eigenvalue weighted by Gasteiger charge is 2.35. The van der Waals surface area contributed by atoms with Gasteiger partial charge in [-0.3, -0.25) is 9.69 Å². The van der Waals surface area contributed by atoms with Gasteiger partial charge in [0.15, 0.2) is 11.3 Å². The summed E-state index contributed by atoms with van der Waals surface area (Å²) in [6, 6.07) is 8.44. The lowest BCUT2D eigenvalue weighted by Crippen LogP contribution is -2.48. The fourth-order valence-electron chi connectivity index (χ4n) is 3.53. The lowest BCUT2D eigenvalue weighted by molar-refractivity contribution is -0.142. The number of benzene rings is 1. The number of halogens is 4. The molecule has 0 atom stereocenters.